The fourth-order valence-electron chi connectivity index (χ4n) is 2.25. The van der Waals surface area contributed by atoms with Crippen molar-refractivity contribution in [3.8, 4) is 0 Å². The lowest BCUT2D eigenvalue weighted by atomic mass is 10.1. The number of nitrogens with one attached hydrogen (secondary N) is 1. The van der Waals surface area contributed by atoms with E-state index < -0.39 is 11.6 Å². The van der Waals surface area contributed by atoms with E-state index in [4.69, 9.17) is 0 Å². The van der Waals surface area contributed by atoms with Gasteiger partial charge in [-0.15, -0.1) is 0 Å². The summed E-state index contributed by atoms with van der Waals surface area (Å²) in [5.74, 6) is -1.87. The lowest BCUT2D eigenvalue weighted by molar-refractivity contribution is -0.682. The number of carbonyl (C=O) groups excluding carboxylic acids is 1. The summed E-state index contributed by atoms with van der Waals surface area (Å²) in [6.45, 7) is 4.12. The minimum Gasteiger partial charge on any atom is -0.333 e. The number of hydrogen-bond acceptors (Lipinski definition) is 1. The second-order valence-corrected chi connectivity index (χ2v) is 5.50. The Balaban J connectivity index is 1.86. The molecule has 1 atom stereocenters. The quantitative estimate of drug-likeness (QED) is 0.845. The zero-order valence-corrected chi connectivity index (χ0v) is 13.3. The molecule has 0 bridgehead atoms. The average Bonchev–Trinajstić information content (AvgIpc) is 2.56. The van der Waals surface area contributed by atoms with Crippen molar-refractivity contribution >= 4 is 11.6 Å². The summed E-state index contributed by atoms with van der Waals surface area (Å²) in [5, 5.41) is 4.60. The van der Waals surface area contributed by atoms with E-state index in [0.717, 1.165) is 24.2 Å². The van der Waals surface area contributed by atoms with Gasteiger partial charge in [-0.05, 0) is 49.2 Å². The van der Waals surface area contributed by atoms with Crippen molar-refractivity contribution in [1.82, 2.24) is 0 Å². The molecule has 122 valence electrons. The zero-order valence-electron chi connectivity index (χ0n) is 13.3. The van der Waals surface area contributed by atoms with Crippen molar-refractivity contribution in [3.05, 3.63) is 65.2 Å². The second kappa shape index (κ2) is 7.83. The SMILES string of the molecule is CCc1ccc(NC(=O)C[NH2+][C@H](C)c2ccc(F)c(F)c2)cc1. The van der Waals surface area contributed by atoms with E-state index in [-0.39, 0.29) is 18.5 Å². The molecule has 0 aliphatic rings. The van der Waals surface area contributed by atoms with Gasteiger partial charge in [0, 0.05) is 11.3 Å². The highest BCUT2D eigenvalue weighted by molar-refractivity contribution is 5.91. The monoisotopic (exact) mass is 319 g/mol. The molecule has 0 saturated heterocycles. The molecule has 0 fully saturated rings. The maximum absolute atomic E-state index is 13.2. The van der Waals surface area contributed by atoms with Crippen LogP contribution in [-0.2, 0) is 11.2 Å². The van der Waals surface area contributed by atoms with Gasteiger partial charge in [-0.3, -0.25) is 4.79 Å². The van der Waals surface area contributed by atoms with E-state index in [1.54, 1.807) is 5.32 Å². The van der Waals surface area contributed by atoms with E-state index in [0.29, 0.717) is 5.56 Å². The minimum atomic E-state index is -0.872. The molecule has 23 heavy (non-hydrogen) atoms. The van der Waals surface area contributed by atoms with Crippen molar-refractivity contribution in [3.63, 3.8) is 0 Å². The maximum Gasteiger partial charge on any atom is 0.279 e. The van der Waals surface area contributed by atoms with Gasteiger partial charge in [-0.2, -0.15) is 0 Å². The Hall–Kier alpha value is -2.27. The first-order chi connectivity index (χ1) is 11.0. The van der Waals surface area contributed by atoms with E-state index in [1.807, 2.05) is 31.2 Å². The summed E-state index contributed by atoms with van der Waals surface area (Å²) in [4.78, 5) is 11.9. The summed E-state index contributed by atoms with van der Waals surface area (Å²) in [5.41, 5.74) is 2.60. The van der Waals surface area contributed by atoms with Gasteiger partial charge in [0.15, 0.2) is 18.2 Å². The Kier molecular flexibility index (Phi) is 5.82. The first-order valence-corrected chi connectivity index (χ1v) is 7.66. The van der Waals surface area contributed by atoms with Crippen LogP contribution in [0.2, 0.25) is 0 Å². The summed E-state index contributed by atoms with van der Waals surface area (Å²) in [6.07, 6.45) is 0.952. The molecular formula is C18H21F2N2O+. The smallest absolute Gasteiger partial charge is 0.279 e. The summed E-state index contributed by atoms with van der Waals surface area (Å²) in [7, 11) is 0. The van der Waals surface area contributed by atoms with Gasteiger partial charge >= 0.3 is 0 Å². The second-order valence-electron chi connectivity index (χ2n) is 5.50. The van der Waals surface area contributed by atoms with Gasteiger partial charge in [0.25, 0.3) is 5.91 Å². The Morgan fingerprint density at radius 1 is 1.13 bits per heavy atom. The lowest BCUT2D eigenvalue weighted by Gasteiger charge is -2.11. The molecule has 0 heterocycles. The van der Waals surface area contributed by atoms with Crippen LogP contribution >= 0.6 is 0 Å². The van der Waals surface area contributed by atoms with Crippen LogP contribution in [0.15, 0.2) is 42.5 Å². The third kappa shape index (κ3) is 4.86. The summed E-state index contributed by atoms with van der Waals surface area (Å²) in [6, 6.07) is 11.3. The van der Waals surface area contributed by atoms with Gasteiger partial charge in [-0.25, -0.2) is 8.78 Å². The number of quaternary nitrogens is 1. The highest BCUT2D eigenvalue weighted by Gasteiger charge is 2.13. The summed E-state index contributed by atoms with van der Waals surface area (Å²) < 4.78 is 26.1. The number of benzene rings is 2. The van der Waals surface area contributed by atoms with Crippen molar-refractivity contribution < 1.29 is 18.9 Å². The van der Waals surface area contributed by atoms with E-state index in [1.165, 1.54) is 11.6 Å². The largest absolute Gasteiger partial charge is 0.333 e. The topological polar surface area (TPSA) is 45.7 Å². The van der Waals surface area contributed by atoms with Crippen molar-refractivity contribution in [2.24, 2.45) is 0 Å². The molecule has 0 saturated carbocycles. The number of anilines is 1. The van der Waals surface area contributed by atoms with Crippen molar-refractivity contribution in [2.75, 3.05) is 11.9 Å². The Labute approximate surface area is 134 Å². The molecule has 3 nitrogen and oxygen atoms in total. The standard InChI is InChI=1S/C18H20F2N2O/c1-3-13-4-7-15(8-5-13)22-18(23)11-21-12(2)14-6-9-16(19)17(20)10-14/h4-10,12,21H,3,11H2,1-2H3,(H,22,23)/p+1/t12-/m1/s1. The van der Waals surface area contributed by atoms with Crippen LogP contribution in [0.4, 0.5) is 14.5 Å². The van der Waals surface area contributed by atoms with E-state index in [9.17, 15) is 13.6 Å². The van der Waals surface area contributed by atoms with Crippen LogP contribution in [0, 0.1) is 11.6 Å². The van der Waals surface area contributed by atoms with E-state index >= 15 is 0 Å². The fraction of sp³-hybridized carbons (Fsp3) is 0.278. The number of carbonyl (C=O) groups is 1. The predicted octanol–water partition coefficient (Wildman–Crippen LogP) is 2.79. The number of aryl methyl sites for hydroxylation is 1. The number of halogens is 2. The van der Waals surface area contributed by atoms with Gasteiger partial charge in [-0.1, -0.05) is 19.1 Å². The molecule has 3 N–H and O–H groups in total. The molecule has 0 radical (unpaired) electrons. The molecule has 2 aromatic rings. The lowest BCUT2D eigenvalue weighted by Crippen LogP contribution is -2.86. The van der Waals surface area contributed by atoms with Crippen LogP contribution in [0.3, 0.4) is 0 Å². The molecule has 0 aromatic heterocycles. The third-order valence-corrected chi connectivity index (χ3v) is 3.77. The maximum atomic E-state index is 13.2. The average molecular weight is 319 g/mol. The Morgan fingerprint density at radius 3 is 2.43 bits per heavy atom. The Morgan fingerprint density at radius 2 is 1.83 bits per heavy atom. The number of amides is 1. The minimum absolute atomic E-state index is 0.135. The molecule has 2 aromatic carbocycles. The molecule has 2 rings (SSSR count). The molecule has 0 unspecified atom stereocenters. The van der Waals surface area contributed by atoms with Gasteiger partial charge in [0.1, 0.15) is 6.04 Å². The van der Waals surface area contributed by atoms with Crippen LogP contribution in [0.5, 0.6) is 0 Å². The van der Waals surface area contributed by atoms with Crippen LogP contribution in [-0.4, -0.2) is 12.5 Å². The van der Waals surface area contributed by atoms with Gasteiger partial charge in [0.2, 0.25) is 0 Å². The first kappa shape index (κ1) is 17.1. The third-order valence-electron chi connectivity index (χ3n) is 3.77. The first-order valence-electron chi connectivity index (χ1n) is 7.66. The summed E-state index contributed by atoms with van der Waals surface area (Å²) >= 11 is 0. The van der Waals surface area contributed by atoms with Crippen LogP contribution in [0.1, 0.15) is 31.0 Å². The normalized spacial score (nSPS) is 12.0. The fourth-order valence-corrected chi connectivity index (χ4v) is 2.25. The molecule has 1 amide bonds. The molecule has 5 heteroatoms. The highest BCUT2D eigenvalue weighted by atomic mass is 19.2. The molecule has 0 aliphatic carbocycles. The Bertz CT molecular complexity index is 671. The van der Waals surface area contributed by atoms with Crippen molar-refractivity contribution in [2.45, 2.75) is 26.3 Å². The molecular weight excluding hydrogens is 298 g/mol. The van der Waals surface area contributed by atoms with Crippen LogP contribution in [0.25, 0.3) is 0 Å². The predicted molar refractivity (Wildman–Crippen MR) is 86.0 cm³/mol. The molecule has 0 spiro atoms. The van der Waals surface area contributed by atoms with Crippen molar-refractivity contribution in [1.29, 1.82) is 0 Å². The zero-order chi connectivity index (χ0) is 16.8. The van der Waals surface area contributed by atoms with E-state index in [2.05, 4.69) is 12.2 Å². The number of hydrogen-bond donors (Lipinski definition) is 2. The highest BCUT2D eigenvalue weighted by Crippen LogP contribution is 2.13. The van der Waals surface area contributed by atoms with Crippen LogP contribution < -0.4 is 10.6 Å². The van der Waals surface area contributed by atoms with Gasteiger partial charge < -0.3 is 10.6 Å². The molecule has 0 aliphatic heterocycles. The number of nitrogens with two attached hydrogens (primary N) is 1. The number of rotatable bonds is 6. The van der Waals surface area contributed by atoms with Gasteiger partial charge in [0.05, 0.1) is 0 Å².